The van der Waals surface area contributed by atoms with Crippen LogP contribution in [0.4, 0.5) is 4.39 Å². The second-order valence-corrected chi connectivity index (χ2v) is 4.36. The molecular weight excluding hydrogens is 229 g/mol. The Hall–Kier alpha value is -1.87. The molecule has 2 aromatic rings. The third kappa shape index (κ3) is 2.68. The van der Waals surface area contributed by atoms with Crippen molar-refractivity contribution in [1.29, 1.82) is 0 Å². The Morgan fingerprint density at radius 3 is 2.39 bits per heavy atom. The minimum Gasteiger partial charge on any atom is -0.457 e. The molecule has 0 saturated heterocycles. The molecule has 0 spiro atoms. The zero-order chi connectivity index (χ0) is 13.1. The number of aryl methyl sites for hydroxylation is 1. The Kier molecular flexibility index (Phi) is 3.63. The molecule has 94 valence electrons. The van der Waals surface area contributed by atoms with E-state index >= 15 is 0 Å². The number of nitrogens with two attached hydrogens (primary N) is 1. The van der Waals surface area contributed by atoms with E-state index in [1.807, 2.05) is 31.2 Å². The molecule has 2 aromatic carbocycles. The zero-order valence-electron chi connectivity index (χ0n) is 10.5. The van der Waals surface area contributed by atoms with E-state index in [1.54, 1.807) is 19.1 Å². The van der Waals surface area contributed by atoms with E-state index in [0.29, 0.717) is 17.1 Å². The number of hydrogen-bond donors (Lipinski definition) is 1. The molecule has 0 aliphatic carbocycles. The van der Waals surface area contributed by atoms with Crippen LogP contribution < -0.4 is 10.5 Å². The van der Waals surface area contributed by atoms with Gasteiger partial charge >= 0.3 is 0 Å². The molecule has 0 aliphatic rings. The first-order valence-electron chi connectivity index (χ1n) is 5.86. The Morgan fingerprint density at radius 1 is 1.11 bits per heavy atom. The van der Waals surface area contributed by atoms with Crippen LogP contribution in [-0.4, -0.2) is 0 Å². The van der Waals surface area contributed by atoms with Gasteiger partial charge in [0, 0.05) is 11.6 Å². The van der Waals surface area contributed by atoms with Crippen LogP contribution in [-0.2, 0) is 0 Å². The predicted molar refractivity (Wildman–Crippen MR) is 70.3 cm³/mol. The minimum absolute atomic E-state index is 0.338. The first-order valence-corrected chi connectivity index (χ1v) is 5.86. The Bertz CT molecular complexity index is 535. The fourth-order valence-electron chi connectivity index (χ4n) is 1.78. The summed E-state index contributed by atoms with van der Waals surface area (Å²) in [6, 6.07) is 11.9. The van der Waals surface area contributed by atoms with E-state index in [9.17, 15) is 4.39 Å². The molecular formula is C15H16FNO. The van der Waals surface area contributed by atoms with Crippen molar-refractivity contribution in [2.24, 2.45) is 5.73 Å². The highest BCUT2D eigenvalue weighted by Crippen LogP contribution is 2.30. The van der Waals surface area contributed by atoms with Gasteiger partial charge in [-0.2, -0.15) is 0 Å². The van der Waals surface area contributed by atoms with Crippen LogP contribution in [0, 0.1) is 12.7 Å². The van der Waals surface area contributed by atoms with Gasteiger partial charge in [0.25, 0.3) is 0 Å². The lowest BCUT2D eigenvalue weighted by Crippen LogP contribution is -2.09. The van der Waals surface area contributed by atoms with E-state index in [4.69, 9.17) is 10.5 Å². The molecule has 2 N–H and O–H groups in total. The molecule has 0 radical (unpaired) electrons. The number of halogens is 1. The van der Waals surface area contributed by atoms with Gasteiger partial charge in [0.2, 0.25) is 0 Å². The smallest absolute Gasteiger partial charge is 0.135 e. The standard InChI is InChI=1S/C15H16FNO/c1-10-6-8-12(9-7-10)18-14-5-3-4-13(16)15(14)11(2)17/h3-9,11H,17H2,1-2H3/t11-/m0/s1. The van der Waals surface area contributed by atoms with Crippen LogP contribution in [0.3, 0.4) is 0 Å². The van der Waals surface area contributed by atoms with Gasteiger partial charge in [-0.1, -0.05) is 23.8 Å². The van der Waals surface area contributed by atoms with Crippen LogP contribution in [0.2, 0.25) is 0 Å². The van der Waals surface area contributed by atoms with Crippen molar-refractivity contribution in [2.75, 3.05) is 0 Å². The van der Waals surface area contributed by atoms with E-state index in [2.05, 4.69) is 0 Å². The average molecular weight is 245 g/mol. The minimum atomic E-state index is -0.411. The van der Waals surface area contributed by atoms with Crippen molar-refractivity contribution < 1.29 is 9.13 Å². The lowest BCUT2D eigenvalue weighted by Gasteiger charge is -2.14. The molecule has 0 bridgehead atoms. The summed E-state index contributed by atoms with van der Waals surface area (Å²) in [5, 5.41) is 0. The molecule has 2 rings (SSSR count). The summed E-state index contributed by atoms with van der Waals surface area (Å²) in [4.78, 5) is 0. The number of ether oxygens (including phenoxy) is 1. The van der Waals surface area contributed by atoms with Gasteiger partial charge < -0.3 is 10.5 Å². The maximum Gasteiger partial charge on any atom is 0.135 e. The maximum atomic E-state index is 13.7. The molecule has 18 heavy (non-hydrogen) atoms. The first-order chi connectivity index (χ1) is 8.58. The van der Waals surface area contributed by atoms with E-state index in [-0.39, 0.29) is 5.82 Å². The van der Waals surface area contributed by atoms with Crippen LogP contribution in [0.15, 0.2) is 42.5 Å². The topological polar surface area (TPSA) is 35.2 Å². The van der Waals surface area contributed by atoms with Gasteiger partial charge in [-0.3, -0.25) is 0 Å². The Labute approximate surface area is 106 Å². The molecule has 0 heterocycles. The highest BCUT2D eigenvalue weighted by atomic mass is 19.1. The molecule has 0 saturated carbocycles. The molecule has 0 aromatic heterocycles. The van der Waals surface area contributed by atoms with Gasteiger partial charge in [-0.25, -0.2) is 4.39 Å². The zero-order valence-corrected chi connectivity index (χ0v) is 10.5. The quantitative estimate of drug-likeness (QED) is 0.888. The molecule has 0 unspecified atom stereocenters. The summed E-state index contributed by atoms with van der Waals surface area (Å²) >= 11 is 0. The SMILES string of the molecule is Cc1ccc(Oc2cccc(F)c2[C@H](C)N)cc1. The normalized spacial score (nSPS) is 12.2. The summed E-state index contributed by atoms with van der Waals surface area (Å²) in [6.45, 7) is 3.74. The van der Waals surface area contributed by atoms with Gasteiger partial charge in [0.1, 0.15) is 17.3 Å². The van der Waals surface area contributed by atoms with Gasteiger partial charge in [0.15, 0.2) is 0 Å². The second-order valence-electron chi connectivity index (χ2n) is 4.36. The highest BCUT2D eigenvalue weighted by molar-refractivity contribution is 5.40. The van der Waals surface area contributed by atoms with Gasteiger partial charge in [-0.05, 0) is 38.1 Å². The van der Waals surface area contributed by atoms with Crippen molar-refractivity contribution in [3.63, 3.8) is 0 Å². The second kappa shape index (κ2) is 5.19. The lowest BCUT2D eigenvalue weighted by molar-refractivity contribution is 0.461. The molecule has 0 fully saturated rings. The van der Waals surface area contributed by atoms with Crippen molar-refractivity contribution in [2.45, 2.75) is 19.9 Å². The van der Waals surface area contributed by atoms with E-state index in [0.717, 1.165) is 5.56 Å². The average Bonchev–Trinajstić information content (AvgIpc) is 2.32. The summed E-state index contributed by atoms with van der Waals surface area (Å²) in [5.41, 5.74) is 7.32. The Balaban J connectivity index is 2.34. The van der Waals surface area contributed by atoms with E-state index < -0.39 is 6.04 Å². The number of benzene rings is 2. The van der Waals surface area contributed by atoms with Gasteiger partial charge in [-0.15, -0.1) is 0 Å². The molecule has 0 aliphatic heterocycles. The van der Waals surface area contributed by atoms with Crippen molar-refractivity contribution in [3.05, 3.63) is 59.4 Å². The third-order valence-electron chi connectivity index (χ3n) is 2.72. The molecule has 2 nitrogen and oxygen atoms in total. The fourth-order valence-corrected chi connectivity index (χ4v) is 1.78. The molecule has 1 atom stereocenters. The van der Waals surface area contributed by atoms with Gasteiger partial charge in [0.05, 0.1) is 0 Å². The van der Waals surface area contributed by atoms with Crippen LogP contribution >= 0.6 is 0 Å². The number of rotatable bonds is 3. The van der Waals surface area contributed by atoms with Crippen molar-refractivity contribution in [1.82, 2.24) is 0 Å². The number of hydrogen-bond acceptors (Lipinski definition) is 2. The Morgan fingerprint density at radius 2 is 1.78 bits per heavy atom. The predicted octanol–water partition coefficient (Wildman–Crippen LogP) is 3.95. The van der Waals surface area contributed by atoms with Crippen LogP contribution in [0.25, 0.3) is 0 Å². The summed E-state index contributed by atoms with van der Waals surface area (Å²) in [6.07, 6.45) is 0. The summed E-state index contributed by atoms with van der Waals surface area (Å²) < 4.78 is 19.4. The molecule has 3 heteroatoms. The maximum absolute atomic E-state index is 13.7. The third-order valence-corrected chi connectivity index (χ3v) is 2.72. The summed E-state index contributed by atoms with van der Waals surface area (Å²) in [5.74, 6) is 0.802. The van der Waals surface area contributed by atoms with E-state index in [1.165, 1.54) is 6.07 Å². The van der Waals surface area contributed by atoms with Crippen molar-refractivity contribution >= 4 is 0 Å². The largest absolute Gasteiger partial charge is 0.457 e. The lowest BCUT2D eigenvalue weighted by atomic mass is 10.1. The monoisotopic (exact) mass is 245 g/mol. The summed E-state index contributed by atoms with van der Waals surface area (Å²) in [7, 11) is 0. The highest BCUT2D eigenvalue weighted by Gasteiger charge is 2.14. The van der Waals surface area contributed by atoms with Crippen molar-refractivity contribution in [3.8, 4) is 11.5 Å². The van der Waals surface area contributed by atoms with Crippen LogP contribution in [0.5, 0.6) is 11.5 Å². The molecule has 0 amide bonds. The van der Waals surface area contributed by atoms with Crippen LogP contribution in [0.1, 0.15) is 24.1 Å². The fraction of sp³-hybridized carbons (Fsp3) is 0.200. The first kappa shape index (κ1) is 12.6.